The Morgan fingerprint density at radius 1 is 1.19 bits per heavy atom. The molecule has 26 heavy (non-hydrogen) atoms. The summed E-state index contributed by atoms with van der Waals surface area (Å²) in [7, 11) is 1.70. The molecular weight excluding hydrogens is 372 g/mol. The zero-order chi connectivity index (χ0) is 17.9. The van der Waals surface area contributed by atoms with Crippen LogP contribution in [-0.2, 0) is 10.5 Å². The lowest BCUT2D eigenvalue weighted by Crippen LogP contribution is -2.37. The summed E-state index contributed by atoms with van der Waals surface area (Å²) in [5, 5.41) is 0. The van der Waals surface area contributed by atoms with Gasteiger partial charge in [-0.15, -0.1) is 0 Å². The average Bonchev–Trinajstić information content (AvgIpc) is 3.03. The standard InChI is InChI=1S/C18H21ClN4O2S/c1-24-16-6-5-15-17(18(16)21-8-10-25-11-9-21)22(19)13-23(15)26-12-14-4-2-3-7-20-14/h2-7H,8-13H2,1H3. The fraction of sp³-hybridized carbons (Fsp3) is 0.389. The lowest BCUT2D eigenvalue weighted by Gasteiger charge is -2.32. The Balaban J connectivity index is 1.62. The van der Waals surface area contributed by atoms with Gasteiger partial charge in [0.1, 0.15) is 23.8 Å². The molecule has 0 aliphatic carbocycles. The van der Waals surface area contributed by atoms with E-state index in [0.717, 1.165) is 47.3 Å². The molecule has 8 heteroatoms. The van der Waals surface area contributed by atoms with Crippen molar-refractivity contribution in [1.29, 1.82) is 0 Å². The van der Waals surface area contributed by atoms with Crippen LogP contribution < -0.4 is 18.4 Å². The minimum atomic E-state index is 0.610. The molecule has 0 spiro atoms. The summed E-state index contributed by atoms with van der Waals surface area (Å²) in [5.41, 5.74) is 4.20. The number of halogens is 1. The molecule has 1 aromatic carbocycles. The van der Waals surface area contributed by atoms with E-state index in [-0.39, 0.29) is 0 Å². The smallest absolute Gasteiger partial charge is 0.144 e. The van der Waals surface area contributed by atoms with Gasteiger partial charge in [0.25, 0.3) is 0 Å². The van der Waals surface area contributed by atoms with Crippen molar-refractivity contribution in [3.05, 3.63) is 42.2 Å². The average molecular weight is 393 g/mol. The van der Waals surface area contributed by atoms with Gasteiger partial charge in [-0.2, -0.15) is 0 Å². The first-order valence-electron chi connectivity index (χ1n) is 8.55. The molecule has 3 heterocycles. The summed E-state index contributed by atoms with van der Waals surface area (Å²) < 4.78 is 15.1. The number of hydrogen-bond acceptors (Lipinski definition) is 7. The number of ether oxygens (including phenoxy) is 2. The van der Waals surface area contributed by atoms with Crippen LogP contribution in [0.2, 0.25) is 0 Å². The Morgan fingerprint density at radius 3 is 2.77 bits per heavy atom. The Kier molecular flexibility index (Phi) is 5.28. The number of aromatic nitrogens is 1. The van der Waals surface area contributed by atoms with Gasteiger partial charge in [0.15, 0.2) is 0 Å². The Morgan fingerprint density at radius 2 is 2.04 bits per heavy atom. The van der Waals surface area contributed by atoms with E-state index in [1.54, 1.807) is 23.5 Å². The first kappa shape index (κ1) is 17.6. The van der Waals surface area contributed by atoms with Crippen molar-refractivity contribution in [2.45, 2.75) is 5.75 Å². The van der Waals surface area contributed by atoms with E-state index in [1.165, 1.54) is 0 Å². The molecule has 0 bridgehead atoms. The third kappa shape index (κ3) is 3.39. The molecular formula is C18H21ClN4O2S. The molecule has 6 nitrogen and oxygen atoms in total. The number of morpholine rings is 1. The van der Waals surface area contributed by atoms with E-state index in [0.29, 0.717) is 19.9 Å². The van der Waals surface area contributed by atoms with E-state index < -0.39 is 0 Å². The lowest BCUT2D eigenvalue weighted by atomic mass is 10.2. The van der Waals surface area contributed by atoms with Crippen LogP contribution >= 0.6 is 23.7 Å². The van der Waals surface area contributed by atoms with Gasteiger partial charge in [0.05, 0.1) is 37.5 Å². The zero-order valence-corrected chi connectivity index (χ0v) is 16.2. The van der Waals surface area contributed by atoms with E-state index >= 15 is 0 Å². The van der Waals surface area contributed by atoms with Crippen LogP contribution in [0.3, 0.4) is 0 Å². The molecule has 0 atom stereocenters. The predicted molar refractivity (Wildman–Crippen MR) is 107 cm³/mol. The summed E-state index contributed by atoms with van der Waals surface area (Å²) in [5.74, 6) is 1.64. The molecule has 1 fully saturated rings. The Labute approximate surface area is 162 Å². The van der Waals surface area contributed by atoms with Crippen LogP contribution in [0.1, 0.15) is 5.69 Å². The van der Waals surface area contributed by atoms with Crippen molar-refractivity contribution in [1.82, 2.24) is 4.98 Å². The summed E-state index contributed by atoms with van der Waals surface area (Å²) in [6.07, 6.45) is 1.82. The summed E-state index contributed by atoms with van der Waals surface area (Å²) in [4.78, 5) is 6.69. The highest BCUT2D eigenvalue weighted by molar-refractivity contribution is 7.99. The van der Waals surface area contributed by atoms with Gasteiger partial charge in [-0.05, 0) is 36.2 Å². The van der Waals surface area contributed by atoms with E-state index in [4.69, 9.17) is 21.3 Å². The number of pyridine rings is 1. The van der Waals surface area contributed by atoms with Crippen LogP contribution in [-0.4, -0.2) is 45.1 Å². The number of rotatable bonds is 5. The SMILES string of the molecule is COc1ccc2c(c1N1CCOCC1)N(Cl)CN2SCc1ccccn1. The Bertz CT molecular complexity index is 758. The number of nitrogens with zero attached hydrogens (tertiary/aromatic N) is 4. The summed E-state index contributed by atoms with van der Waals surface area (Å²) in [6.45, 7) is 3.70. The number of hydrogen-bond donors (Lipinski definition) is 0. The molecule has 1 saturated heterocycles. The molecule has 1 aromatic heterocycles. The van der Waals surface area contributed by atoms with Gasteiger partial charge in [-0.25, -0.2) is 0 Å². The van der Waals surface area contributed by atoms with Crippen LogP contribution in [0.4, 0.5) is 17.1 Å². The van der Waals surface area contributed by atoms with Crippen LogP contribution in [0.15, 0.2) is 36.5 Å². The van der Waals surface area contributed by atoms with Crippen LogP contribution in [0.25, 0.3) is 0 Å². The van der Waals surface area contributed by atoms with Gasteiger partial charge in [-0.1, -0.05) is 6.07 Å². The molecule has 138 valence electrons. The zero-order valence-electron chi connectivity index (χ0n) is 14.6. The highest BCUT2D eigenvalue weighted by Gasteiger charge is 2.33. The van der Waals surface area contributed by atoms with Crippen molar-refractivity contribution in [3.63, 3.8) is 0 Å². The van der Waals surface area contributed by atoms with E-state index in [1.807, 2.05) is 30.5 Å². The monoisotopic (exact) mass is 392 g/mol. The maximum Gasteiger partial charge on any atom is 0.144 e. The van der Waals surface area contributed by atoms with Crippen molar-refractivity contribution in [2.75, 3.05) is 53.7 Å². The van der Waals surface area contributed by atoms with Crippen molar-refractivity contribution < 1.29 is 9.47 Å². The second kappa shape index (κ2) is 7.82. The van der Waals surface area contributed by atoms with Crippen LogP contribution in [0.5, 0.6) is 5.75 Å². The molecule has 2 aliphatic heterocycles. The van der Waals surface area contributed by atoms with Gasteiger partial charge in [0, 0.05) is 31.1 Å². The normalized spacial score (nSPS) is 16.8. The molecule has 0 unspecified atom stereocenters. The highest BCUT2D eigenvalue weighted by Crippen LogP contribution is 2.51. The fourth-order valence-electron chi connectivity index (χ4n) is 3.25. The minimum Gasteiger partial charge on any atom is -0.494 e. The topological polar surface area (TPSA) is 41.1 Å². The van der Waals surface area contributed by atoms with Crippen molar-refractivity contribution >= 4 is 40.8 Å². The second-order valence-corrected chi connectivity index (χ2v) is 7.46. The first-order chi connectivity index (χ1) is 12.8. The molecule has 4 rings (SSSR count). The van der Waals surface area contributed by atoms with Crippen molar-refractivity contribution in [3.8, 4) is 5.75 Å². The van der Waals surface area contributed by atoms with E-state index in [9.17, 15) is 0 Å². The third-order valence-electron chi connectivity index (χ3n) is 4.50. The van der Waals surface area contributed by atoms with Crippen molar-refractivity contribution in [2.24, 2.45) is 0 Å². The quantitative estimate of drug-likeness (QED) is 0.569. The Hall–Kier alpha value is -1.83. The first-order valence-corrected chi connectivity index (χ1v) is 9.83. The van der Waals surface area contributed by atoms with E-state index in [2.05, 4.69) is 20.3 Å². The highest BCUT2D eigenvalue weighted by atomic mass is 35.5. The van der Waals surface area contributed by atoms with Gasteiger partial charge in [-0.3, -0.25) is 13.7 Å². The third-order valence-corrected chi connectivity index (χ3v) is 5.82. The van der Waals surface area contributed by atoms with Gasteiger partial charge >= 0.3 is 0 Å². The van der Waals surface area contributed by atoms with Crippen LogP contribution in [0, 0.1) is 0 Å². The number of anilines is 3. The summed E-state index contributed by atoms with van der Waals surface area (Å²) in [6, 6.07) is 10.1. The number of methoxy groups -OCH3 is 1. The molecule has 0 amide bonds. The second-order valence-electron chi connectivity index (χ2n) is 6.06. The maximum absolute atomic E-state index is 6.62. The predicted octanol–water partition coefficient (Wildman–Crippen LogP) is 3.51. The molecule has 2 aromatic rings. The summed E-state index contributed by atoms with van der Waals surface area (Å²) >= 11 is 8.33. The number of benzene rings is 1. The lowest BCUT2D eigenvalue weighted by molar-refractivity contribution is 0.122. The minimum absolute atomic E-state index is 0.610. The van der Waals surface area contributed by atoms with Gasteiger partial charge in [0.2, 0.25) is 0 Å². The number of fused-ring (bicyclic) bond motifs is 1. The molecule has 0 N–H and O–H groups in total. The fourth-order valence-corrected chi connectivity index (χ4v) is 4.53. The maximum atomic E-state index is 6.62. The largest absolute Gasteiger partial charge is 0.494 e. The molecule has 0 saturated carbocycles. The molecule has 0 radical (unpaired) electrons. The molecule has 2 aliphatic rings. The van der Waals surface area contributed by atoms with Gasteiger partial charge < -0.3 is 14.4 Å².